The molecule has 0 amide bonds. The molecule has 0 aliphatic rings. The van der Waals surface area contributed by atoms with Crippen LogP contribution in [0.15, 0.2) is 48.5 Å². The lowest BCUT2D eigenvalue weighted by atomic mass is 10.1. The molecule has 0 unspecified atom stereocenters. The molecular formula is C18H20O3. The lowest BCUT2D eigenvalue weighted by molar-refractivity contribution is 0.322. The van der Waals surface area contributed by atoms with Gasteiger partial charge in [-0.15, -0.1) is 0 Å². The minimum Gasteiger partial charge on any atom is -0.493 e. The van der Waals surface area contributed by atoms with Gasteiger partial charge in [-0.25, -0.2) is 0 Å². The average Bonchev–Trinajstić information content (AvgIpc) is 2.55. The van der Waals surface area contributed by atoms with Crippen LogP contribution >= 0.6 is 0 Å². The molecule has 0 aliphatic heterocycles. The van der Waals surface area contributed by atoms with Gasteiger partial charge in [0.25, 0.3) is 0 Å². The number of allylic oxidation sites excluding steroid dienone is 1. The molecule has 0 bridgehead atoms. The number of rotatable bonds is 6. The summed E-state index contributed by atoms with van der Waals surface area (Å²) in [6, 6.07) is 14.1. The van der Waals surface area contributed by atoms with Gasteiger partial charge in [0.05, 0.1) is 21.3 Å². The van der Waals surface area contributed by atoms with Crippen molar-refractivity contribution in [3.63, 3.8) is 0 Å². The average molecular weight is 284 g/mol. The number of ether oxygens (including phenoxy) is 3. The quantitative estimate of drug-likeness (QED) is 0.803. The second-order valence-electron chi connectivity index (χ2n) is 4.51. The molecule has 21 heavy (non-hydrogen) atoms. The molecule has 0 N–H and O–H groups in total. The maximum absolute atomic E-state index is 5.47. The van der Waals surface area contributed by atoms with E-state index in [1.54, 1.807) is 21.3 Å². The summed E-state index contributed by atoms with van der Waals surface area (Å²) in [5, 5.41) is 0. The van der Waals surface area contributed by atoms with Gasteiger partial charge in [0, 0.05) is 5.56 Å². The van der Waals surface area contributed by atoms with Crippen LogP contribution in [0.25, 0.3) is 6.08 Å². The first-order valence-electron chi connectivity index (χ1n) is 6.79. The van der Waals surface area contributed by atoms with Crippen molar-refractivity contribution in [1.29, 1.82) is 0 Å². The molecule has 0 heterocycles. The predicted molar refractivity (Wildman–Crippen MR) is 85.3 cm³/mol. The Morgan fingerprint density at radius 3 is 2.14 bits per heavy atom. The normalized spacial score (nSPS) is 10.6. The van der Waals surface area contributed by atoms with Crippen molar-refractivity contribution in [1.82, 2.24) is 0 Å². The largest absolute Gasteiger partial charge is 0.493 e. The van der Waals surface area contributed by atoms with Gasteiger partial charge in [-0.1, -0.05) is 48.6 Å². The summed E-state index contributed by atoms with van der Waals surface area (Å²) >= 11 is 0. The molecule has 0 saturated heterocycles. The van der Waals surface area contributed by atoms with Gasteiger partial charge in [-0.05, 0) is 18.1 Å². The first kappa shape index (κ1) is 15.0. The fourth-order valence-corrected chi connectivity index (χ4v) is 2.21. The van der Waals surface area contributed by atoms with Crippen LogP contribution < -0.4 is 14.2 Å². The highest BCUT2D eigenvalue weighted by Crippen LogP contribution is 2.39. The summed E-state index contributed by atoms with van der Waals surface area (Å²) < 4.78 is 16.1. The monoisotopic (exact) mass is 284 g/mol. The molecule has 0 aromatic heterocycles. The lowest BCUT2D eigenvalue weighted by Gasteiger charge is -2.14. The molecular weight excluding hydrogens is 264 g/mol. The predicted octanol–water partition coefficient (Wildman–Crippen LogP) is 3.97. The maximum Gasteiger partial charge on any atom is 0.203 e. The second kappa shape index (κ2) is 7.39. The Hall–Kier alpha value is -2.42. The van der Waals surface area contributed by atoms with Crippen LogP contribution in [-0.2, 0) is 6.42 Å². The lowest BCUT2D eigenvalue weighted by Crippen LogP contribution is -1.98. The fourth-order valence-electron chi connectivity index (χ4n) is 2.21. The van der Waals surface area contributed by atoms with E-state index in [1.807, 2.05) is 30.3 Å². The van der Waals surface area contributed by atoms with Crippen LogP contribution in [-0.4, -0.2) is 21.3 Å². The fraction of sp³-hybridized carbons (Fsp3) is 0.222. The van der Waals surface area contributed by atoms with Crippen LogP contribution in [0.4, 0.5) is 0 Å². The molecule has 110 valence electrons. The molecule has 2 aromatic rings. The Morgan fingerprint density at radius 2 is 1.52 bits per heavy atom. The van der Waals surface area contributed by atoms with Crippen molar-refractivity contribution >= 4 is 6.08 Å². The number of methoxy groups -OCH3 is 3. The summed E-state index contributed by atoms with van der Waals surface area (Å²) in [6.45, 7) is 0. The SMILES string of the molecule is COc1ccc(C/C=C/c2ccccc2)c(OC)c1OC. The summed E-state index contributed by atoms with van der Waals surface area (Å²) in [5.41, 5.74) is 2.24. The van der Waals surface area contributed by atoms with Crippen molar-refractivity contribution in [3.8, 4) is 17.2 Å². The van der Waals surface area contributed by atoms with Crippen LogP contribution in [0.3, 0.4) is 0 Å². The number of benzene rings is 2. The Balaban J connectivity index is 2.22. The third-order valence-electron chi connectivity index (χ3n) is 3.23. The van der Waals surface area contributed by atoms with Crippen molar-refractivity contribution in [3.05, 3.63) is 59.7 Å². The summed E-state index contributed by atoms with van der Waals surface area (Å²) in [7, 11) is 4.87. The third-order valence-corrected chi connectivity index (χ3v) is 3.23. The highest BCUT2D eigenvalue weighted by atomic mass is 16.5. The molecule has 3 heteroatoms. The van der Waals surface area contributed by atoms with Gasteiger partial charge < -0.3 is 14.2 Å². The Kier molecular flexibility index (Phi) is 5.27. The van der Waals surface area contributed by atoms with Gasteiger partial charge >= 0.3 is 0 Å². The summed E-state index contributed by atoms with van der Waals surface area (Å²) in [6.07, 6.45) is 4.97. The van der Waals surface area contributed by atoms with Crippen LogP contribution in [0, 0.1) is 0 Å². The Morgan fingerprint density at radius 1 is 0.810 bits per heavy atom. The molecule has 0 radical (unpaired) electrons. The van der Waals surface area contributed by atoms with E-state index in [4.69, 9.17) is 14.2 Å². The molecule has 2 aromatic carbocycles. The van der Waals surface area contributed by atoms with Crippen molar-refractivity contribution in [2.24, 2.45) is 0 Å². The molecule has 0 saturated carbocycles. The van der Waals surface area contributed by atoms with Crippen molar-refractivity contribution < 1.29 is 14.2 Å². The highest BCUT2D eigenvalue weighted by Gasteiger charge is 2.14. The van der Waals surface area contributed by atoms with Crippen LogP contribution in [0.1, 0.15) is 11.1 Å². The van der Waals surface area contributed by atoms with Crippen molar-refractivity contribution in [2.45, 2.75) is 6.42 Å². The summed E-state index contributed by atoms with van der Waals surface area (Å²) in [5.74, 6) is 2.02. The Labute approximate surface area is 125 Å². The molecule has 2 rings (SSSR count). The summed E-state index contributed by atoms with van der Waals surface area (Å²) in [4.78, 5) is 0. The Bertz CT molecular complexity index is 603. The first-order valence-corrected chi connectivity index (χ1v) is 6.79. The highest BCUT2D eigenvalue weighted by molar-refractivity contribution is 5.57. The minimum absolute atomic E-state index is 0.630. The number of hydrogen-bond donors (Lipinski definition) is 0. The van der Waals surface area contributed by atoms with E-state index in [0.29, 0.717) is 11.5 Å². The molecule has 0 fully saturated rings. The first-order chi connectivity index (χ1) is 10.3. The molecule has 0 atom stereocenters. The minimum atomic E-state index is 0.630. The van der Waals surface area contributed by atoms with E-state index < -0.39 is 0 Å². The zero-order chi connectivity index (χ0) is 15.1. The van der Waals surface area contributed by atoms with E-state index in [9.17, 15) is 0 Å². The van der Waals surface area contributed by atoms with E-state index in [1.165, 1.54) is 5.56 Å². The molecule has 0 spiro atoms. The van der Waals surface area contributed by atoms with E-state index in [2.05, 4.69) is 24.3 Å². The maximum atomic E-state index is 5.47. The third kappa shape index (κ3) is 3.57. The van der Waals surface area contributed by atoms with Crippen molar-refractivity contribution in [2.75, 3.05) is 21.3 Å². The number of hydrogen-bond acceptors (Lipinski definition) is 3. The van der Waals surface area contributed by atoms with E-state index in [-0.39, 0.29) is 0 Å². The van der Waals surface area contributed by atoms with Gasteiger partial charge in [-0.2, -0.15) is 0 Å². The molecule has 0 aliphatic carbocycles. The van der Waals surface area contributed by atoms with Crippen LogP contribution in [0.5, 0.6) is 17.2 Å². The topological polar surface area (TPSA) is 27.7 Å². The van der Waals surface area contributed by atoms with Gasteiger partial charge in [0.15, 0.2) is 11.5 Å². The molecule has 3 nitrogen and oxygen atoms in total. The van der Waals surface area contributed by atoms with E-state index >= 15 is 0 Å². The zero-order valence-corrected chi connectivity index (χ0v) is 12.6. The van der Waals surface area contributed by atoms with Gasteiger partial charge in [-0.3, -0.25) is 0 Å². The smallest absolute Gasteiger partial charge is 0.203 e. The zero-order valence-electron chi connectivity index (χ0n) is 12.6. The van der Waals surface area contributed by atoms with Gasteiger partial charge in [0.1, 0.15) is 0 Å². The standard InChI is InChI=1S/C18H20O3/c1-19-16-13-12-15(17(20-2)18(16)21-3)11-7-10-14-8-5-4-6-9-14/h4-10,12-13H,11H2,1-3H3/b10-7+. The second-order valence-corrected chi connectivity index (χ2v) is 4.51. The van der Waals surface area contributed by atoms with Crippen LogP contribution in [0.2, 0.25) is 0 Å². The van der Waals surface area contributed by atoms with Gasteiger partial charge in [0.2, 0.25) is 5.75 Å². The van der Waals surface area contributed by atoms with E-state index in [0.717, 1.165) is 17.7 Å².